The predicted molar refractivity (Wildman–Crippen MR) is 79.4 cm³/mol. The first-order valence-electron chi connectivity index (χ1n) is 8.56. The Morgan fingerprint density at radius 1 is 1.10 bits per heavy atom. The molecular formula is C16H29NO4. The van der Waals surface area contributed by atoms with E-state index in [1.807, 2.05) is 0 Å². The van der Waals surface area contributed by atoms with Crippen molar-refractivity contribution in [2.24, 2.45) is 0 Å². The minimum atomic E-state index is -0.410. The predicted octanol–water partition coefficient (Wildman–Crippen LogP) is 1.19. The molecule has 0 amide bonds. The van der Waals surface area contributed by atoms with Crippen LogP contribution in [0.2, 0.25) is 0 Å². The molecule has 0 unspecified atom stereocenters. The van der Waals surface area contributed by atoms with Crippen LogP contribution in [0.1, 0.15) is 38.5 Å². The Morgan fingerprint density at radius 2 is 2.00 bits per heavy atom. The topological polar surface area (TPSA) is 51.2 Å². The van der Waals surface area contributed by atoms with Gasteiger partial charge in [0.2, 0.25) is 0 Å². The van der Waals surface area contributed by atoms with Crippen LogP contribution in [-0.2, 0) is 14.2 Å². The molecule has 0 aromatic carbocycles. The highest BCUT2D eigenvalue weighted by atomic mass is 16.5. The van der Waals surface area contributed by atoms with Gasteiger partial charge in [-0.2, -0.15) is 0 Å². The molecule has 0 bridgehead atoms. The molecule has 3 fully saturated rings. The maximum atomic E-state index is 10.2. The molecule has 3 rings (SSSR count). The summed E-state index contributed by atoms with van der Waals surface area (Å²) in [6.45, 7) is 4.32. The first-order valence-corrected chi connectivity index (χ1v) is 8.56. The molecule has 0 radical (unpaired) electrons. The van der Waals surface area contributed by atoms with E-state index in [0.717, 1.165) is 32.6 Å². The number of hydrogen-bond acceptors (Lipinski definition) is 5. The zero-order valence-corrected chi connectivity index (χ0v) is 12.9. The number of β-amino-alcohol motifs (C(OH)–C–C–N with tert-alkyl or cyclic N) is 1. The second-order valence-electron chi connectivity index (χ2n) is 6.58. The zero-order chi connectivity index (χ0) is 14.5. The van der Waals surface area contributed by atoms with Gasteiger partial charge in [-0.15, -0.1) is 0 Å². The molecule has 0 aromatic heterocycles. The third-order valence-electron chi connectivity index (χ3n) is 4.93. The second kappa shape index (κ2) is 7.88. The molecule has 3 aliphatic rings. The van der Waals surface area contributed by atoms with Crippen LogP contribution in [-0.4, -0.2) is 73.9 Å². The van der Waals surface area contributed by atoms with E-state index in [-0.39, 0.29) is 6.10 Å². The Morgan fingerprint density at radius 3 is 2.86 bits per heavy atom. The van der Waals surface area contributed by atoms with E-state index in [2.05, 4.69) is 4.90 Å². The maximum Gasteiger partial charge on any atom is 0.0900 e. The number of nitrogens with zero attached hydrogens (tertiary/aromatic N) is 1. The highest BCUT2D eigenvalue weighted by Crippen LogP contribution is 2.28. The van der Waals surface area contributed by atoms with Gasteiger partial charge in [0.25, 0.3) is 0 Å². The molecular weight excluding hydrogens is 270 g/mol. The minimum absolute atomic E-state index is 0.239. The summed E-state index contributed by atoms with van der Waals surface area (Å²) >= 11 is 0. The van der Waals surface area contributed by atoms with Crippen molar-refractivity contribution in [1.29, 1.82) is 0 Å². The van der Waals surface area contributed by atoms with Crippen molar-refractivity contribution < 1.29 is 19.3 Å². The van der Waals surface area contributed by atoms with Crippen LogP contribution in [0.15, 0.2) is 0 Å². The SMILES string of the molecule is O[C@H](COC[C@@H]1CCCO1)CN1CCO[C@@H]2CCCC[C@H]21. The molecule has 1 N–H and O–H groups in total. The Kier molecular flexibility index (Phi) is 5.89. The first kappa shape index (κ1) is 15.7. The molecule has 5 nitrogen and oxygen atoms in total. The normalized spacial score (nSPS) is 35.6. The fraction of sp³-hybridized carbons (Fsp3) is 1.00. The lowest BCUT2D eigenvalue weighted by Crippen LogP contribution is -2.54. The molecule has 2 saturated heterocycles. The van der Waals surface area contributed by atoms with E-state index in [0.29, 0.717) is 31.9 Å². The van der Waals surface area contributed by atoms with Crippen molar-refractivity contribution in [1.82, 2.24) is 4.90 Å². The summed E-state index contributed by atoms with van der Waals surface area (Å²) in [4.78, 5) is 2.41. The highest BCUT2D eigenvalue weighted by Gasteiger charge is 2.34. The fourth-order valence-electron chi connectivity index (χ4n) is 3.84. The second-order valence-corrected chi connectivity index (χ2v) is 6.58. The highest BCUT2D eigenvalue weighted by molar-refractivity contribution is 4.88. The number of fused-ring (bicyclic) bond motifs is 1. The summed E-state index contributed by atoms with van der Waals surface area (Å²) in [7, 11) is 0. The summed E-state index contributed by atoms with van der Waals surface area (Å²) in [5.41, 5.74) is 0. The first-order chi connectivity index (χ1) is 10.3. The van der Waals surface area contributed by atoms with E-state index in [1.165, 1.54) is 25.7 Å². The van der Waals surface area contributed by atoms with Gasteiger partial charge in [0.15, 0.2) is 0 Å². The van der Waals surface area contributed by atoms with Crippen LogP contribution in [0, 0.1) is 0 Å². The van der Waals surface area contributed by atoms with Gasteiger partial charge in [0, 0.05) is 25.7 Å². The number of morpholine rings is 1. The molecule has 2 aliphatic heterocycles. The Hall–Kier alpha value is -0.200. The van der Waals surface area contributed by atoms with Crippen LogP contribution in [0.5, 0.6) is 0 Å². The van der Waals surface area contributed by atoms with Gasteiger partial charge in [-0.25, -0.2) is 0 Å². The molecule has 1 saturated carbocycles. The molecule has 122 valence electrons. The van der Waals surface area contributed by atoms with Gasteiger partial charge in [0.05, 0.1) is 38.1 Å². The number of ether oxygens (including phenoxy) is 3. The molecule has 21 heavy (non-hydrogen) atoms. The van der Waals surface area contributed by atoms with E-state index < -0.39 is 6.10 Å². The van der Waals surface area contributed by atoms with Crippen molar-refractivity contribution in [3.8, 4) is 0 Å². The van der Waals surface area contributed by atoms with E-state index >= 15 is 0 Å². The van der Waals surface area contributed by atoms with Crippen molar-refractivity contribution in [2.45, 2.75) is 62.9 Å². The van der Waals surface area contributed by atoms with Gasteiger partial charge in [-0.3, -0.25) is 4.90 Å². The average Bonchev–Trinajstić information content (AvgIpc) is 3.01. The largest absolute Gasteiger partial charge is 0.389 e. The standard InChI is InChI=1S/C16H29NO4/c18-13(11-19-12-14-4-3-8-20-14)10-17-7-9-21-16-6-2-1-5-15(16)17/h13-16,18H,1-12H2/t13-,14-,15+,16+/m0/s1. The Bertz CT molecular complexity index is 307. The van der Waals surface area contributed by atoms with Crippen LogP contribution >= 0.6 is 0 Å². The van der Waals surface area contributed by atoms with Crippen LogP contribution < -0.4 is 0 Å². The minimum Gasteiger partial charge on any atom is -0.389 e. The van der Waals surface area contributed by atoms with Crippen LogP contribution in [0.25, 0.3) is 0 Å². The number of hydrogen-bond donors (Lipinski definition) is 1. The molecule has 0 aromatic rings. The van der Waals surface area contributed by atoms with Gasteiger partial charge < -0.3 is 19.3 Å². The lowest BCUT2D eigenvalue weighted by atomic mass is 9.90. The van der Waals surface area contributed by atoms with Crippen LogP contribution in [0.4, 0.5) is 0 Å². The zero-order valence-electron chi connectivity index (χ0n) is 12.9. The van der Waals surface area contributed by atoms with Gasteiger partial charge in [0.1, 0.15) is 0 Å². The van der Waals surface area contributed by atoms with E-state index in [4.69, 9.17) is 14.2 Å². The smallest absolute Gasteiger partial charge is 0.0900 e. The van der Waals surface area contributed by atoms with Gasteiger partial charge >= 0.3 is 0 Å². The average molecular weight is 299 g/mol. The number of aliphatic hydroxyl groups excluding tert-OH is 1. The van der Waals surface area contributed by atoms with Crippen molar-refractivity contribution in [3.05, 3.63) is 0 Å². The summed E-state index contributed by atoms with van der Waals surface area (Å²) in [5, 5.41) is 10.2. The van der Waals surface area contributed by atoms with Crippen molar-refractivity contribution >= 4 is 0 Å². The lowest BCUT2D eigenvalue weighted by molar-refractivity contribution is -0.104. The monoisotopic (exact) mass is 299 g/mol. The van der Waals surface area contributed by atoms with Gasteiger partial charge in [-0.05, 0) is 25.7 Å². The molecule has 1 aliphatic carbocycles. The maximum absolute atomic E-state index is 10.2. The molecule has 2 heterocycles. The summed E-state index contributed by atoms with van der Waals surface area (Å²) < 4.78 is 17.0. The Balaban J connectivity index is 1.37. The fourth-order valence-corrected chi connectivity index (χ4v) is 3.84. The number of rotatable bonds is 6. The summed E-state index contributed by atoms with van der Waals surface area (Å²) in [6, 6.07) is 0.500. The molecule has 5 heteroatoms. The third kappa shape index (κ3) is 4.39. The van der Waals surface area contributed by atoms with Crippen molar-refractivity contribution in [2.75, 3.05) is 39.5 Å². The van der Waals surface area contributed by atoms with E-state index in [1.54, 1.807) is 0 Å². The molecule has 4 atom stereocenters. The third-order valence-corrected chi connectivity index (χ3v) is 4.93. The summed E-state index contributed by atoms with van der Waals surface area (Å²) in [5.74, 6) is 0. The number of aliphatic hydroxyl groups is 1. The Labute approximate surface area is 127 Å². The van der Waals surface area contributed by atoms with Crippen molar-refractivity contribution in [3.63, 3.8) is 0 Å². The quantitative estimate of drug-likeness (QED) is 0.798. The van der Waals surface area contributed by atoms with Gasteiger partial charge in [-0.1, -0.05) is 12.8 Å². The van der Waals surface area contributed by atoms with E-state index in [9.17, 15) is 5.11 Å². The van der Waals surface area contributed by atoms with Crippen LogP contribution in [0.3, 0.4) is 0 Å². The molecule has 0 spiro atoms. The summed E-state index contributed by atoms with van der Waals surface area (Å²) in [6.07, 6.45) is 7.37. The lowest BCUT2D eigenvalue weighted by Gasteiger charge is -2.44.